The predicted molar refractivity (Wildman–Crippen MR) is 79.7 cm³/mol. The molecule has 0 bridgehead atoms. The van der Waals surface area contributed by atoms with Crippen molar-refractivity contribution in [3.8, 4) is 0 Å². The molecule has 22 heavy (non-hydrogen) atoms. The number of hydrogen-bond donors (Lipinski definition) is 1. The van der Waals surface area contributed by atoms with Gasteiger partial charge in [-0.15, -0.1) is 0 Å². The Balaban J connectivity index is 1.88. The second-order valence-corrected chi connectivity index (χ2v) is 6.76. The zero-order valence-electron chi connectivity index (χ0n) is 13.8. The van der Waals surface area contributed by atoms with Crippen molar-refractivity contribution in [3.63, 3.8) is 0 Å². The van der Waals surface area contributed by atoms with Gasteiger partial charge < -0.3 is 14.2 Å². The zero-order chi connectivity index (χ0) is 16.3. The quantitative estimate of drug-likeness (QED) is 0.798. The first-order valence-electron chi connectivity index (χ1n) is 8.13. The number of rotatable bonds is 4. The van der Waals surface area contributed by atoms with Gasteiger partial charge in [0.2, 0.25) is 12.5 Å². The molecule has 1 aliphatic carbocycles. The molecule has 1 N–H and O–H groups in total. The molecule has 6 nitrogen and oxygen atoms in total. The third-order valence-corrected chi connectivity index (χ3v) is 4.50. The van der Waals surface area contributed by atoms with Gasteiger partial charge in [-0.2, -0.15) is 0 Å². The van der Waals surface area contributed by atoms with Gasteiger partial charge in [0, 0.05) is 6.92 Å². The molecule has 1 heterocycles. The maximum absolute atomic E-state index is 12.3. The van der Waals surface area contributed by atoms with Gasteiger partial charge in [0.25, 0.3) is 0 Å². The predicted octanol–water partition coefficient (Wildman–Crippen LogP) is 1.83. The average Bonchev–Trinajstić information content (AvgIpc) is 2.86. The van der Waals surface area contributed by atoms with Crippen LogP contribution in [0.3, 0.4) is 0 Å². The zero-order valence-corrected chi connectivity index (χ0v) is 13.8. The first-order chi connectivity index (χ1) is 10.4. The summed E-state index contributed by atoms with van der Waals surface area (Å²) in [7, 11) is 0. The van der Waals surface area contributed by atoms with Crippen molar-refractivity contribution in [2.45, 2.75) is 65.6 Å². The summed E-state index contributed by atoms with van der Waals surface area (Å²) in [5.41, 5.74) is 0. The smallest absolute Gasteiger partial charge is 0.351 e. The summed E-state index contributed by atoms with van der Waals surface area (Å²) in [5, 5.41) is 2.88. The van der Waals surface area contributed by atoms with Crippen LogP contribution in [0.15, 0.2) is 0 Å². The van der Waals surface area contributed by atoms with Crippen molar-refractivity contribution < 1.29 is 23.8 Å². The summed E-state index contributed by atoms with van der Waals surface area (Å²) in [6.07, 6.45) is 1.54. The number of carbonyl (C=O) groups excluding carboxylic acids is 2. The summed E-state index contributed by atoms with van der Waals surface area (Å²) in [4.78, 5) is 23.2. The summed E-state index contributed by atoms with van der Waals surface area (Å²) < 4.78 is 16.0. The Hall–Kier alpha value is -1.14. The van der Waals surface area contributed by atoms with E-state index in [2.05, 4.69) is 26.1 Å². The summed E-state index contributed by atoms with van der Waals surface area (Å²) >= 11 is 0. The molecule has 0 radical (unpaired) electrons. The van der Waals surface area contributed by atoms with Crippen molar-refractivity contribution in [2.24, 2.45) is 17.8 Å². The highest BCUT2D eigenvalue weighted by Crippen LogP contribution is 2.35. The van der Waals surface area contributed by atoms with E-state index in [9.17, 15) is 9.59 Å². The lowest BCUT2D eigenvalue weighted by molar-refractivity contribution is -0.188. The third kappa shape index (κ3) is 4.43. The number of carbonyl (C=O) groups is 2. The van der Waals surface area contributed by atoms with Crippen molar-refractivity contribution >= 4 is 11.9 Å². The molecule has 126 valence electrons. The van der Waals surface area contributed by atoms with Crippen molar-refractivity contribution in [3.05, 3.63) is 0 Å². The molecule has 2 aliphatic rings. The largest absolute Gasteiger partial charge is 0.459 e. The highest BCUT2D eigenvalue weighted by Gasteiger charge is 2.38. The van der Waals surface area contributed by atoms with Crippen LogP contribution in [-0.4, -0.2) is 37.1 Å². The first-order valence-corrected chi connectivity index (χ1v) is 8.13. The van der Waals surface area contributed by atoms with Crippen LogP contribution in [0.5, 0.6) is 0 Å². The molecule has 0 aromatic carbocycles. The van der Waals surface area contributed by atoms with Gasteiger partial charge >= 0.3 is 11.9 Å². The maximum Gasteiger partial charge on any atom is 0.351 e. The van der Waals surface area contributed by atoms with Crippen LogP contribution >= 0.6 is 0 Å². The molecule has 1 unspecified atom stereocenters. The van der Waals surface area contributed by atoms with Gasteiger partial charge in [0.15, 0.2) is 0 Å². The highest BCUT2D eigenvalue weighted by molar-refractivity contribution is 5.75. The molecule has 6 heteroatoms. The number of nitrogens with one attached hydrogen (secondary N) is 1. The normalized spacial score (nSPS) is 35.4. The monoisotopic (exact) mass is 313 g/mol. The summed E-state index contributed by atoms with van der Waals surface area (Å²) in [5.74, 6) is 0.600. The number of ether oxygens (including phenoxy) is 3. The maximum atomic E-state index is 12.3. The Labute approximate surface area is 131 Å². The molecule has 1 saturated carbocycles. The molecule has 2 rings (SSSR count). The fourth-order valence-electron chi connectivity index (χ4n) is 3.31. The molecule has 2 fully saturated rings. The molecule has 0 spiro atoms. The van der Waals surface area contributed by atoms with E-state index in [1.54, 1.807) is 0 Å². The minimum atomic E-state index is -0.852. The summed E-state index contributed by atoms with van der Waals surface area (Å²) in [6.45, 7) is 8.14. The Bertz CT molecular complexity index is 411. The van der Waals surface area contributed by atoms with Gasteiger partial charge in [0.05, 0.1) is 6.54 Å². The van der Waals surface area contributed by atoms with Crippen LogP contribution in [-0.2, 0) is 23.8 Å². The van der Waals surface area contributed by atoms with Crippen LogP contribution in [0.1, 0.15) is 47.0 Å². The van der Waals surface area contributed by atoms with Crippen LogP contribution in [0.2, 0.25) is 0 Å². The molecule has 5 atom stereocenters. The van der Waals surface area contributed by atoms with Crippen LogP contribution in [0, 0.1) is 17.8 Å². The molecule has 1 saturated heterocycles. The Kier molecular flexibility index (Phi) is 5.81. The molecular formula is C16H27NO5. The Morgan fingerprint density at radius 2 is 1.95 bits per heavy atom. The first kappa shape index (κ1) is 17.2. The molecule has 0 aromatic heterocycles. The summed E-state index contributed by atoms with van der Waals surface area (Å²) in [6, 6.07) is 0. The fourth-order valence-corrected chi connectivity index (χ4v) is 3.31. The van der Waals surface area contributed by atoms with Crippen LogP contribution in [0.4, 0.5) is 0 Å². The van der Waals surface area contributed by atoms with Crippen LogP contribution < -0.4 is 5.32 Å². The lowest BCUT2D eigenvalue weighted by atomic mass is 9.75. The minimum Gasteiger partial charge on any atom is -0.459 e. The second kappa shape index (κ2) is 7.42. The van der Waals surface area contributed by atoms with E-state index in [1.807, 2.05) is 0 Å². The SMILES string of the molecule is CC(=O)O[C@H]1CNC(C(=O)O[C@@H]2C[C@H](C)CC[C@H]2C(C)C)O1. The molecule has 1 aliphatic heterocycles. The second-order valence-electron chi connectivity index (χ2n) is 6.76. The molecular weight excluding hydrogens is 286 g/mol. The third-order valence-electron chi connectivity index (χ3n) is 4.50. The average molecular weight is 313 g/mol. The number of esters is 2. The van der Waals surface area contributed by atoms with E-state index in [0.717, 1.165) is 12.8 Å². The van der Waals surface area contributed by atoms with E-state index in [1.165, 1.54) is 13.3 Å². The van der Waals surface area contributed by atoms with E-state index in [4.69, 9.17) is 14.2 Å². The minimum absolute atomic E-state index is 0.0607. The van der Waals surface area contributed by atoms with E-state index in [0.29, 0.717) is 24.3 Å². The lowest BCUT2D eigenvalue weighted by Crippen LogP contribution is -2.41. The van der Waals surface area contributed by atoms with Gasteiger partial charge in [-0.3, -0.25) is 10.1 Å². The fraction of sp³-hybridized carbons (Fsp3) is 0.875. The van der Waals surface area contributed by atoms with E-state index < -0.39 is 24.5 Å². The van der Waals surface area contributed by atoms with E-state index in [-0.39, 0.29) is 6.10 Å². The van der Waals surface area contributed by atoms with Crippen molar-refractivity contribution in [2.75, 3.05) is 6.54 Å². The van der Waals surface area contributed by atoms with Gasteiger partial charge in [0.1, 0.15) is 6.10 Å². The highest BCUT2D eigenvalue weighted by atomic mass is 16.7. The number of hydrogen-bond acceptors (Lipinski definition) is 6. The molecule has 0 amide bonds. The van der Waals surface area contributed by atoms with E-state index >= 15 is 0 Å². The van der Waals surface area contributed by atoms with Crippen molar-refractivity contribution in [1.82, 2.24) is 5.32 Å². The lowest BCUT2D eigenvalue weighted by Gasteiger charge is -2.37. The Morgan fingerprint density at radius 3 is 2.59 bits per heavy atom. The van der Waals surface area contributed by atoms with Crippen LogP contribution in [0.25, 0.3) is 0 Å². The van der Waals surface area contributed by atoms with Gasteiger partial charge in [-0.1, -0.05) is 27.2 Å². The van der Waals surface area contributed by atoms with Gasteiger partial charge in [-0.25, -0.2) is 4.79 Å². The standard InChI is InChI=1S/C16H27NO5/c1-9(2)12-6-5-10(3)7-13(12)21-16(19)15-17-8-14(22-15)20-11(4)18/h9-10,12-15,17H,5-8H2,1-4H3/t10-,12+,13-,14-,15?/m1/s1. The Morgan fingerprint density at radius 1 is 1.23 bits per heavy atom. The topological polar surface area (TPSA) is 73.9 Å². The molecule has 0 aromatic rings. The van der Waals surface area contributed by atoms with Gasteiger partial charge in [-0.05, 0) is 30.6 Å². The van der Waals surface area contributed by atoms with Crippen molar-refractivity contribution in [1.29, 1.82) is 0 Å².